The van der Waals surface area contributed by atoms with E-state index in [4.69, 9.17) is 11.0 Å². The molecule has 3 N–H and O–H groups in total. The van der Waals surface area contributed by atoms with Gasteiger partial charge < -0.3 is 5.73 Å². The Hall–Kier alpha value is -3.72. The van der Waals surface area contributed by atoms with Crippen molar-refractivity contribution in [3.63, 3.8) is 0 Å². The molecule has 6 nitrogen and oxygen atoms in total. The summed E-state index contributed by atoms with van der Waals surface area (Å²) in [6, 6.07) is 15.2. The molecule has 0 aliphatic rings. The van der Waals surface area contributed by atoms with Crippen molar-refractivity contribution in [1.29, 1.82) is 5.26 Å². The second-order valence-corrected chi connectivity index (χ2v) is 5.76. The van der Waals surface area contributed by atoms with Crippen LogP contribution < -0.4 is 5.73 Å². The quantitative estimate of drug-likeness (QED) is 0.549. The van der Waals surface area contributed by atoms with Crippen LogP contribution in [-0.2, 0) is 0 Å². The molecule has 4 rings (SSSR count). The van der Waals surface area contributed by atoms with Crippen molar-refractivity contribution in [3.8, 4) is 28.5 Å². The van der Waals surface area contributed by atoms with Gasteiger partial charge in [0.15, 0.2) is 5.65 Å². The summed E-state index contributed by atoms with van der Waals surface area (Å²) < 4.78 is 0. The molecule has 120 valence electrons. The number of rotatable bonds is 2. The van der Waals surface area contributed by atoms with E-state index in [1.165, 1.54) is 0 Å². The second kappa shape index (κ2) is 5.73. The van der Waals surface area contributed by atoms with Crippen molar-refractivity contribution < 1.29 is 0 Å². The van der Waals surface area contributed by atoms with Crippen LogP contribution in [0.4, 0.5) is 5.69 Å². The van der Waals surface area contributed by atoms with Gasteiger partial charge in [-0.1, -0.05) is 24.3 Å². The normalized spacial score (nSPS) is 10.7. The molecular weight excluding hydrogens is 312 g/mol. The number of nitrogens with two attached hydrogens (primary N) is 1. The minimum Gasteiger partial charge on any atom is -0.398 e. The van der Waals surface area contributed by atoms with Crippen LogP contribution in [0.1, 0.15) is 11.1 Å². The molecule has 0 bridgehead atoms. The summed E-state index contributed by atoms with van der Waals surface area (Å²) in [5.74, 6) is 0. The topological polar surface area (TPSA) is 104 Å². The first kappa shape index (κ1) is 14.8. The van der Waals surface area contributed by atoms with Crippen LogP contribution in [0, 0.1) is 18.3 Å². The molecule has 0 radical (unpaired) electrons. The summed E-state index contributed by atoms with van der Waals surface area (Å²) in [5.41, 5.74) is 12.5. The van der Waals surface area contributed by atoms with Crippen LogP contribution in [0.15, 0.2) is 48.7 Å². The molecular formula is C19H14N6. The number of nitrogen functional groups attached to an aromatic ring is 1. The zero-order valence-electron chi connectivity index (χ0n) is 13.5. The summed E-state index contributed by atoms with van der Waals surface area (Å²) in [5, 5.41) is 25.5. The lowest BCUT2D eigenvalue weighted by Crippen LogP contribution is -1.98. The highest BCUT2D eigenvalue weighted by Gasteiger charge is 2.18. The smallest absolute Gasteiger partial charge is 0.178 e. The number of aromatic nitrogens is 4. The SMILES string of the molecule is Cc1c(N)cccc1-c1c(-c2ccc(C#N)cc2)nnc2[nH]ncc12. The van der Waals surface area contributed by atoms with Gasteiger partial charge in [0.2, 0.25) is 0 Å². The summed E-state index contributed by atoms with van der Waals surface area (Å²) in [4.78, 5) is 0. The van der Waals surface area contributed by atoms with Crippen molar-refractivity contribution in [2.45, 2.75) is 6.92 Å². The van der Waals surface area contributed by atoms with Gasteiger partial charge in [-0.15, -0.1) is 10.2 Å². The zero-order chi connectivity index (χ0) is 17.4. The van der Waals surface area contributed by atoms with Crippen LogP contribution in [0.5, 0.6) is 0 Å². The second-order valence-electron chi connectivity index (χ2n) is 5.76. The van der Waals surface area contributed by atoms with Gasteiger partial charge in [-0.2, -0.15) is 10.4 Å². The van der Waals surface area contributed by atoms with Gasteiger partial charge in [0.1, 0.15) is 5.69 Å². The van der Waals surface area contributed by atoms with E-state index >= 15 is 0 Å². The molecule has 0 amide bonds. The molecule has 0 aliphatic carbocycles. The van der Waals surface area contributed by atoms with E-state index in [1.54, 1.807) is 18.3 Å². The van der Waals surface area contributed by atoms with Crippen molar-refractivity contribution >= 4 is 16.7 Å². The van der Waals surface area contributed by atoms with Crippen molar-refractivity contribution in [2.75, 3.05) is 5.73 Å². The van der Waals surface area contributed by atoms with Crippen LogP contribution in [0.25, 0.3) is 33.4 Å². The third-order valence-corrected chi connectivity index (χ3v) is 4.31. The van der Waals surface area contributed by atoms with E-state index in [0.717, 1.165) is 39.0 Å². The third-order valence-electron chi connectivity index (χ3n) is 4.31. The van der Waals surface area contributed by atoms with Gasteiger partial charge in [-0.05, 0) is 36.2 Å². The fraction of sp³-hybridized carbons (Fsp3) is 0.0526. The number of nitriles is 1. The Morgan fingerprint density at radius 1 is 1.08 bits per heavy atom. The zero-order valence-corrected chi connectivity index (χ0v) is 13.5. The predicted octanol–water partition coefficient (Wildman–Crippen LogP) is 3.45. The molecule has 0 fully saturated rings. The minimum atomic E-state index is 0.600. The first-order valence-corrected chi connectivity index (χ1v) is 7.75. The van der Waals surface area contributed by atoms with Crippen molar-refractivity contribution in [3.05, 3.63) is 59.8 Å². The Morgan fingerprint density at radius 3 is 2.64 bits per heavy atom. The number of anilines is 1. The van der Waals surface area contributed by atoms with Gasteiger partial charge in [0.25, 0.3) is 0 Å². The lowest BCUT2D eigenvalue weighted by atomic mass is 9.93. The van der Waals surface area contributed by atoms with Crippen molar-refractivity contribution in [2.24, 2.45) is 0 Å². The largest absolute Gasteiger partial charge is 0.398 e. The minimum absolute atomic E-state index is 0.600. The van der Waals surface area contributed by atoms with E-state index in [2.05, 4.69) is 26.5 Å². The molecule has 0 spiro atoms. The van der Waals surface area contributed by atoms with E-state index in [0.29, 0.717) is 11.2 Å². The highest BCUT2D eigenvalue weighted by Crippen LogP contribution is 2.37. The molecule has 0 saturated heterocycles. The van der Waals surface area contributed by atoms with Crippen LogP contribution in [0.3, 0.4) is 0 Å². The fourth-order valence-electron chi connectivity index (χ4n) is 2.92. The van der Waals surface area contributed by atoms with Gasteiger partial charge in [0, 0.05) is 16.8 Å². The highest BCUT2D eigenvalue weighted by atomic mass is 15.2. The van der Waals surface area contributed by atoms with Crippen LogP contribution in [-0.4, -0.2) is 20.4 Å². The lowest BCUT2D eigenvalue weighted by molar-refractivity contribution is 1.03. The first-order chi connectivity index (χ1) is 12.2. The Labute approximate surface area is 143 Å². The van der Waals surface area contributed by atoms with Gasteiger partial charge in [-0.25, -0.2) is 0 Å². The number of hydrogen-bond acceptors (Lipinski definition) is 5. The first-order valence-electron chi connectivity index (χ1n) is 7.75. The summed E-state index contributed by atoms with van der Waals surface area (Å²) >= 11 is 0. The number of hydrogen-bond donors (Lipinski definition) is 2. The highest BCUT2D eigenvalue weighted by molar-refractivity contribution is 6.00. The lowest BCUT2D eigenvalue weighted by Gasteiger charge is -2.13. The Kier molecular flexibility index (Phi) is 3.40. The molecule has 2 heterocycles. The number of benzene rings is 2. The van der Waals surface area contributed by atoms with Gasteiger partial charge in [-0.3, -0.25) is 5.10 Å². The van der Waals surface area contributed by atoms with E-state index in [1.807, 2.05) is 37.3 Å². The molecule has 25 heavy (non-hydrogen) atoms. The Bertz CT molecular complexity index is 1120. The van der Waals surface area contributed by atoms with Gasteiger partial charge in [0.05, 0.1) is 23.2 Å². The van der Waals surface area contributed by atoms with Crippen LogP contribution >= 0.6 is 0 Å². The molecule has 2 aromatic heterocycles. The maximum atomic E-state index is 9.01. The molecule has 0 unspecified atom stereocenters. The maximum absolute atomic E-state index is 9.01. The monoisotopic (exact) mass is 326 g/mol. The van der Waals surface area contributed by atoms with E-state index in [-0.39, 0.29) is 0 Å². The predicted molar refractivity (Wildman–Crippen MR) is 96.4 cm³/mol. The Balaban J connectivity index is 2.05. The molecule has 0 saturated carbocycles. The van der Waals surface area contributed by atoms with Crippen molar-refractivity contribution in [1.82, 2.24) is 20.4 Å². The molecule has 0 atom stereocenters. The average molecular weight is 326 g/mol. The molecule has 4 aromatic rings. The average Bonchev–Trinajstić information content (AvgIpc) is 3.12. The standard InChI is InChI=1S/C19H14N6/c1-11-14(3-2-4-16(11)21)17-15-10-22-24-19(15)25-23-18(17)13-7-5-12(9-20)6-8-13/h2-8,10H,21H2,1H3,(H,22,24,25). The molecule has 6 heteroatoms. The number of aromatic amines is 1. The molecule has 0 aliphatic heterocycles. The molecule has 2 aromatic carbocycles. The number of fused-ring (bicyclic) bond motifs is 1. The third kappa shape index (κ3) is 2.39. The van der Waals surface area contributed by atoms with E-state index in [9.17, 15) is 0 Å². The van der Waals surface area contributed by atoms with E-state index < -0.39 is 0 Å². The van der Waals surface area contributed by atoms with Crippen LogP contribution in [0.2, 0.25) is 0 Å². The summed E-state index contributed by atoms with van der Waals surface area (Å²) in [6.45, 7) is 1.99. The number of H-pyrrole nitrogens is 1. The summed E-state index contributed by atoms with van der Waals surface area (Å²) in [7, 11) is 0. The summed E-state index contributed by atoms with van der Waals surface area (Å²) in [6.07, 6.45) is 1.75. The fourth-order valence-corrected chi connectivity index (χ4v) is 2.92. The number of nitrogens with one attached hydrogen (secondary N) is 1. The Morgan fingerprint density at radius 2 is 1.88 bits per heavy atom. The number of nitrogens with zero attached hydrogens (tertiary/aromatic N) is 4. The maximum Gasteiger partial charge on any atom is 0.178 e. The van der Waals surface area contributed by atoms with Gasteiger partial charge >= 0.3 is 0 Å².